The molecule has 3 aromatic rings. The van der Waals surface area contributed by atoms with Crippen LogP contribution in [0.1, 0.15) is 10.5 Å². The average molecular weight is 354 g/mol. The van der Waals surface area contributed by atoms with E-state index in [9.17, 15) is 4.79 Å². The van der Waals surface area contributed by atoms with Crippen LogP contribution in [0.15, 0.2) is 52.5 Å². The predicted octanol–water partition coefficient (Wildman–Crippen LogP) is 3.07. The standard InChI is InChI=1S/C18H18N4O2S/c23-17(14-12-25-18(21-14)16-6-3-11-24-16)20-13-4-1-2-5-15(13)22-9-7-19-8-10-22/h1-6,11-12,19H,7-10H2,(H,20,23). The first-order valence-electron chi connectivity index (χ1n) is 8.17. The lowest BCUT2D eigenvalue weighted by Crippen LogP contribution is -2.43. The van der Waals surface area contributed by atoms with Gasteiger partial charge >= 0.3 is 0 Å². The molecule has 0 saturated carbocycles. The summed E-state index contributed by atoms with van der Waals surface area (Å²) in [6, 6.07) is 11.5. The number of hydrogen-bond acceptors (Lipinski definition) is 6. The monoisotopic (exact) mass is 354 g/mol. The second-order valence-corrected chi connectivity index (χ2v) is 6.58. The maximum atomic E-state index is 12.6. The van der Waals surface area contributed by atoms with E-state index in [2.05, 4.69) is 20.5 Å². The molecule has 0 atom stereocenters. The molecule has 0 radical (unpaired) electrons. The van der Waals surface area contributed by atoms with E-state index in [1.165, 1.54) is 11.3 Å². The van der Waals surface area contributed by atoms with Gasteiger partial charge in [-0.05, 0) is 24.3 Å². The molecule has 2 N–H and O–H groups in total. The molecule has 0 aliphatic carbocycles. The minimum absolute atomic E-state index is 0.211. The van der Waals surface area contributed by atoms with Crippen molar-refractivity contribution < 1.29 is 9.21 Å². The Morgan fingerprint density at radius 2 is 2.04 bits per heavy atom. The number of rotatable bonds is 4. The van der Waals surface area contributed by atoms with Crippen LogP contribution in [0.4, 0.5) is 11.4 Å². The van der Waals surface area contributed by atoms with Crippen LogP contribution in [0, 0.1) is 0 Å². The van der Waals surface area contributed by atoms with Crippen molar-refractivity contribution in [2.75, 3.05) is 36.4 Å². The molecule has 128 valence electrons. The van der Waals surface area contributed by atoms with Gasteiger partial charge in [0.05, 0.1) is 17.6 Å². The molecule has 6 nitrogen and oxygen atoms in total. The molecule has 1 amide bonds. The molecule has 25 heavy (non-hydrogen) atoms. The third-order valence-electron chi connectivity index (χ3n) is 4.08. The van der Waals surface area contributed by atoms with E-state index in [0.717, 1.165) is 37.6 Å². The molecule has 1 fully saturated rings. The number of nitrogens with one attached hydrogen (secondary N) is 2. The van der Waals surface area contributed by atoms with Crippen molar-refractivity contribution in [3.63, 3.8) is 0 Å². The Kier molecular flexibility index (Phi) is 4.49. The van der Waals surface area contributed by atoms with Gasteiger partial charge < -0.3 is 20.0 Å². The topological polar surface area (TPSA) is 70.4 Å². The molecule has 7 heteroatoms. The number of hydrogen-bond donors (Lipinski definition) is 2. The van der Waals surface area contributed by atoms with Crippen molar-refractivity contribution in [2.24, 2.45) is 0 Å². The molecule has 1 aliphatic heterocycles. The van der Waals surface area contributed by atoms with E-state index < -0.39 is 0 Å². The molecule has 4 rings (SSSR count). The van der Waals surface area contributed by atoms with Crippen LogP contribution in [0.25, 0.3) is 10.8 Å². The van der Waals surface area contributed by atoms with Crippen molar-refractivity contribution >= 4 is 28.6 Å². The van der Waals surface area contributed by atoms with Crippen LogP contribution in [0.5, 0.6) is 0 Å². The highest BCUT2D eigenvalue weighted by atomic mass is 32.1. The minimum Gasteiger partial charge on any atom is -0.462 e. The fourth-order valence-electron chi connectivity index (χ4n) is 2.84. The van der Waals surface area contributed by atoms with E-state index in [0.29, 0.717) is 16.5 Å². The smallest absolute Gasteiger partial charge is 0.275 e. The summed E-state index contributed by atoms with van der Waals surface area (Å²) in [5.41, 5.74) is 2.24. The maximum Gasteiger partial charge on any atom is 0.275 e. The molecular formula is C18H18N4O2S. The molecule has 1 aromatic carbocycles. The van der Waals surface area contributed by atoms with Gasteiger partial charge in [-0.25, -0.2) is 4.98 Å². The highest BCUT2D eigenvalue weighted by Gasteiger charge is 2.18. The van der Waals surface area contributed by atoms with Gasteiger partial charge in [0.25, 0.3) is 5.91 Å². The molecule has 0 unspecified atom stereocenters. The summed E-state index contributed by atoms with van der Waals surface area (Å²) in [4.78, 5) is 19.3. The number of nitrogens with zero attached hydrogens (tertiary/aromatic N) is 2. The number of thiazole rings is 1. The van der Waals surface area contributed by atoms with Gasteiger partial charge in [0.15, 0.2) is 10.8 Å². The molecule has 1 saturated heterocycles. The van der Waals surface area contributed by atoms with E-state index in [1.807, 2.05) is 30.3 Å². The number of aromatic nitrogens is 1. The van der Waals surface area contributed by atoms with Crippen molar-refractivity contribution in [3.8, 4) is 10.8 Å². The second kappa shape index (κ2) is 7.08. The number of para-hydroxylation sites is 2. The van der Waals surface area contributed by atoms with Gasteiger partial charge in [0.2, 0.25) is 0 Å². The molecule has 0 bridgehead atoms. The zero-order valence-corrected chi connectivity index (χ0v) is 14.4. The summed E-state index contributed by atoms with van der Waals surface area (Å²) in [6.07, 6.45) is 1.60. The van der Waals surface area contributed by atoms with E-state index in [4.69, 9.17) is 4.42 Å². The van der Waals surface area contributed by atoms with Crippen molar-refractivity contribution in [3.05, 3.63) is 53.7 Å². The molecule has 2 aromatic heterocycles. The maximum absolute atomic E-state index is 12.6. The van der Waals surface area contributed by atoms with E-state index in [-0.39, 0.29) is 5.91 Å². The van der Waals surface area contributed by atoms with Crippen LogP contribution in [-0.4, -0.2) is 37.1 Å². The lowest BCUT2D eigenvalue weighted by molar-refractivity contribution is 0.102. The summed E-state index contributed by atoms with van der Waals surface area (Å²) in [5, 5.41) is 8.79. The van der Waals surface area contributed by atoms with Gasteiger partial charge in [-0.3, -0.25) is 4.79 Å². The average Bonchev–Trinajstić information content (AvgIpc) is 3.34. The summed E-state index contributed by atoms with van der Waals surface area (Å²) in [6.45, 7) is 3.74. The second-order valence-electron chi connectivity index (χ2n) is 5.72. The number of anilines is 2. The molecule has 3 heterocycles. The number of furan rings is 1. The Labute approximate surface area is 149 Å². The third kappa shape index (κ3) is 3.42. The van der Waals surface area contributed by atoms with Crippen molar-refractivity contribution in [1.82, 2.24) is 10.3 Å². The van der Waals surface area contributed by atoms with Crippen LogP contribution >= 0.6 is 11.3 Å². The predicted molar refractivity (Wildman–Crippen MR) is 99.3 cm³/mol. The normalized spacial score (nSPS) is 14.5. The number of benzene rings is 1. The highest BCUT2D eigenvalue weighted by molar-refractivity contribution is 7.13. The quantitative estimate of drug-likeness (QED) is 0.753. The number of piperazine rings is 1. The van der Waals surface area contributed by atoms with Crippen LogP contribution in [-0.2, 0) is 0 Å². The van der Waals surface area contributed by atoms with Crippen molar-refractivity contribution in [1.29, 1.82) is 0 Å². The first-order valence-corrected chi connectivity index (χ1v) is 9.05. The number of amides is 1. The summed E-state index contributed by atoms with van der Waals surface area (Å²) in [5.74, 6) is 0.460. The molecule has 0 spiro atoms. The summed E-state index contributed by atoms with van der Waals surface area (Å²) in [7, 11) is 0. The Bertz CT molecular complexity index is 854. The fraction of sp³-hybridized carbons (Fsp3) is 0.222. The minimum atomic E-state index is -0.211. The van der Waals surface area contributed by atoms with E-state index >= 15 is 0 Å². The van der Waals surface area contributed by atoms with Gasteiger partial charge in [0, 0.05) is 31.6 Å². The lowest BCUT2D eigenvalue weighted by atomic mass is 10.2. The van der Waals surface area contributed by atoms with Crippen LogP contribution in [0.3, 0.4) is 0 Å². The fourth-order valence-corrected chi connectivity index (χ4v) is 3.60. The zero-order valence-electron chi connectivity index (χ0n) is 13.6. The Morgan fingerprint density at radius 1 is 1.20 bits per heavy atom. The molecular weight excluding hydrogens is 336 g/mol. The van der Waals surface area contributed by atoms with Gasteiger partial charge in [-0.2, -0.15) is 0 Å². The molecule has 1 aliphatic rings. The van der Waals surface area contributed by atoms with Crippen molar-refractivity contribution in [2.45, 2.75) is 0 Å². The lowest BCUT2D eigenvalue weighted by Gasteiger charge is -2.31. The largest absolute Gasteiger partial charge is 0.462 e. The summed E-state index contributed by atoms with van der Waals surface area (Å²) >= 11 is 1.39. The SMILES string of the molecule is O=C(Nc1ccccc1N1CCNCC1)c1csc(-c2ccco2)n1. The first-order chi connectivity index (χ1) is 12.3. The van der Waals surface area contributed by atoms with E-state index in [1.54, 1.807) is 17.7 Å². The first kappa shape index (κ1) is 15.9. The Balaban J connectivity index is 1.53. The van der Waals surface area contributed by atoms with Crippen LogP contribution < -0.4 is 15.5 Å². The zero-order chi connectivity index (χ0) is 17.1. The highest BCUT2D eigenvalue weighted by Crippen LogP contribution is 2.28. The van der Waals surface area contributed by atoms with Gasteiger partial charge in [-0.15, -0.1) is 11.3 Å². The van der Waals surface area contributed by atoms with Gasteiger partial charge in [0.1, 0.15) is 5.69 Å². The Morgan fingerprint density at radius 3 is 2.84 bits per heavy atom. The van der Waals surface area contributed by atoms with Crippen LogP contribution in [0.2, 0.25) is 0 Å². The van der Waals surface area contributed by atoms with Gasteiger partial charge in [-0.1, -0.05) is 12.1 Å². The number of carbonyl (C=O) groups is 1. The Hall–Kier alpha value is -2.64. The third-order valence-corrected chi connectivity index (χ3v) is 4.94. The summed E-state index contributed by atoms with van der Waals surface area (Å²) < 4.78 is 5.33. The number of carbonyl (C=O) groups excluding carboxylic acids is 1.